The summed E-state index contributed by atoms with van der Waals surface area (Å²) >= 11 is 0. The number of likely N-dealkylation sites (N-methyl/N-ethyl adjacent to an activating group) is 1. The summed E-state index contributed by atoms with van der Waals surface area (Å²) in [6.07, 6.45) is 2.55. The summed E-state index contributed by atoms with van der Waals surface area (Å²) in [6.45, 7) is 1.92. The molecule has 4 heteroatoms. The second kappa shape index (κ2) is 5.56. The first-order valence-electron chi connectivity index (χ1n) is 6.02. The number of nitrogens with zero attached hydrogens (tertiary/aromatic N) is 1. The van der Waals surface area contributed by atoms with Crippen LogP contribution in [0.15, 0.2) is 18.2 Å². The maximum absolute atomic E-state index is 13.3. The van der Waals surface area contributed by atoms with Crippen LogP contribution in [0.5, 0.6) is 0 Å². The zero-order valence-electron chi connectivity index (χ0n) is 10.0. The van der Waals surface area contributed by atoms with Crippen LogP contribution < -0.4 is 5.32 Å². The van der Waals surface area contributed by atoms with Gasteiger partial charge in [0.2, 0.25) is 0 Å². The second-order valence-corrected chi connectivity index (χ2v) is 4.59. The van der Waals surface area contributed by atoms with Gasteiger partial charge in [-0.25, -0.2) is 8.78 Å². The predicted octanol–water partition coefficient (Wildman–Crippen LogP) is 2.15. The van der Waals surface area contributed by atoms with E-state index < -0.39 is 11.6 Å². The lowest BCUT2D eigenvalue weighted by Gasteiger charge is -2.15. The van der Waals surface area contributed by atoms with E-state index in [1.807, 2.05) is 0 Å². The standard InChI is InChI=1S/C13H18F2N2/c1-17(10-5-6-10)8-7-16-9-11-12(14)3-2-4-13(11)15/h2-4,10,16H,5-9H2,1H3. The van der Waals surface area contributed by atoms with Crippen LogP contribution >= 0.6 is 0 Å². The molecular formula is C13H18F2N2. The first kappa shape index (κ1) is 12.5. The lowest BCUT2D eigenvalue weighted by molar-refractivity contribution is 0.321. The van der Waals surface area contributed by atoms with Gasteiger partial charge in [0, 0.05) is 31.2 Å². The number of benzene rings is 1. The molecule has 17 heavy (non-hydrogen) atoms. The van der Waals surface area contributed by atoms with Gasteiger partial charge in [-0.05, 0) is 32.0 Å². The molecular weight excluding hydrogens is 222 g/mol. The summed E-state index contributed by atoms with van der Waals surface area (Å²) in [7, 11) is 2.09. The monoisotopic (exact) mass is 240 g/mol. The Morgan fingerprint density at radius 3 is 2.53 bits per heavy atom. The van der Waals surface area contributed by atoms with Crippen molar-refractivity contribution in [1.82, 2.24) is 10.2 Å². The van der Waals surface area contributed by atoms with Crippen LogP contribution in [0.1, 0.15) is 18.4 Å². The molecule has 0 aliphatic heterocycles. The van der Waals surface area contributed by atoms with Gasteiger partial charge in [0.25, 0.3) is 0 Å². The number of hydrogen-bond acceptors (Lipinski definition) is 2. The third-order valence-corrected chi connectivity index (χ3v) is 3.17. The van der Waals surface area contributed by atoms with E-state index >= 15 is 0 Å². The maximum atomic E-state index is 13.3. The summed E-state index contributed by atoms with van der Waals surface area (Å²) in [5.74, 6) is -0.957. The number of rotatable bonds is 6. The highest BCUT2D eigenvalue weighted by molar-refractivity contribution is 5.19. The normalized spacial score (nSPS) is 15.5. The van der Waals surface area contributed by atoms with Crippen molar-refractivity contribution in [3.8, 4) is 0 Å². The van der Waals surface area contributed by atoms with Crippen molar-refractivity contribution in [2.45, 2.75) is 25.4 Å². The van der Waals surface area contributed by atoms with E-state index in [4.69, 9.17) is 0 Å². The van der Waals surface area contributed by atoms with Crippen molar-refractivity contribution in [3.63, 3.8) is 0 Å². The fraction of sp³-hybridized carbons (Fsp3) is 0.538. The minimum atomic E-state index is -0.479. The smallest absolute Gasteiger partial charge is 0.130 e. The molecule has 94 valence electrons. The Hall–Kier alpha value is -1.00. The highest BCUT2D eigenvalue weighted by Crippen LogP contribution is 2.24. The molecule has 1 aromatic carbocycles. The molecule has 0 radical (unpaired) electrons. The van der Waals surface area contributed by atoms with Crippen LogP contribution in [0.3, 0.4) is 0 Å². The molecule has 2 rings (SSSR count). The minimum absolute atomic E-state index is 0.126. The summed E-state index contributed by atoms with van der Waals surface area (Å²) in [5.41, 5.74) is 0.126. The number of hydrogen-bond donors (Lipinski definition) is 1. The Bertz CT molecular complexity index is 357. The average molecular weight is 240 g/mol. The Morgan fingerprint density at radius 2 is 1.94 bits per heavy atom. The molecule has 2 nitrogen and oxygen atoms in total. The number of nitrogens with one attached hydrogen (secondary N) is 1. The topological polar surface area (TPSA) is 15.3 Å². The molecule has 0 saturated heterocycles. The van der Waals surface area contributed by atoms with Crippen LogP contribution in [0.2, 0.25) is 0 Å². The van der Waals surface area contributed by atoms with E-state index in [0.29, 0.717) is 0 Å². The van der Waals surface area contributed by atoms with E-state index in [2.05, 4.69) is 17.3 Å². The molecule has 0 bridgehead atoms. The summed E-state index contributed by atoms with van der Waals surface area (Å²) in [4.78, 5) is 2.28. The van der Waals surface area contributed by atoms with Gasteiger partial charge in [-0.2, -0.15) is 0 Å². The molecule has 1 N–H and O–H groups in total. The lowest BCUT2D eigenvalue weighted by atomic mass is 10.2. The Morgan fingerprint density at radius 1 is 1.29 bits per heavy atom. The van der Waals surface area contributed by atoms with Crippen LogP contribution in [0.25, 0.3) is 0 Å². The van der Waals surface area contributed by atoms with E-state index in [0.717, 1.165) is 19.1 Å². The van der Waals surface area contributed by atoms with Gasteiger partial charge in [0.05, 0.1) is 0 Å². The van der Waals surface area contributed by atoms with Gasteiger partial charge in [0.1, 0.15) is 11.6 Å². The molecule has 1 saturated carbocycles. The van der Waals surface area contributed by atoms with Crippen LogP contribution in [0, 0.1) is 11.6 Å². The fourth-order valence-corrected chi connectivity index (χ4v) is 1.87. The fourth-order valence-electron chi connectivity index (χ4n) is 1.87. The lowest BCUT2D eigenvalue weighted by Crippen LogP contribution is -2.30. The molecule has 1 aliphatic rings. The van der Waals surface area contributed by atoms with Crippen molar-refractivity contribution >= 4 is 0 Å². The second-order valence-electron chi connectivity index (χ2n) is 4.59. The zero-order valence-corrected chi connectivity index (χ0v) is 10.0. The van der Waals surface area contributed by atoms with Crippen LogP contribution in [-0.2, 0) is 6.54 Å². The molecule has 0 heterocycles. The first-order valence-corrected chi connectivity index (χ1v) is 6.02. The third-order valence-electron chi connectivity index (χ3n) is 3.17. The first-order chi connectivity index (χ1) is 8.18. The Labute approximate surface area is 101 Å². The summed E-state index contributed by atoms with van der Waals surface area (Å²) in [5, 5.41) is 3.08. The molecule has 1 aliphatic carbocycles. The number of halogens is 2. The third kappa shape index (κ3) is 3.48. The van der Waals surface area contributed by atoms with E-state index in [1.165, 1.54) is 31.0 Å². The molecule has 0 amide bonds. The van der Waals surface area contributed by atoms with Crippen LogP contribution in [-0.4, -0.2) is 31.1 Å². The Kier molecular flexibility index (Phi) is 4.07. The van der Waals surface area contributed by atoms with Crippen molar-refractivity contribution in [2.24, 2.45) is 0 Å². The van der Waals surface area contributed by atoms with Crippen molar-refractivity contribution in [3.05, 3.63) is 35.4 Å². The highest BCUT2D eigenvalue weighted by Gasteiger charge is 2.25. The van der Waals surface area contributed by atoms with Crippen molar-refractivity contribution in [1.29, 1.82) is 0 Å². The van der Waals surface area contributed by atoms with Gasteiger partial charge >= 0.3 is 0 Å². The molecule has 0 atom stereocenters. The van der Waals surface area contributed by atoms with Crippen LogP contribution in [0.4, 0.5) is 8.78 Å². The van der Waals surface area contributed by atoms with Gasteiger partial charge in [-0.15, -0.1) is 0 Å². The molecule has 0 unspecified atom stereocenters. The van der Waals surface area contributed by atoms with Gasteiger partial charge in [0.15, 0.2) is 0 Å². The maximum Gasteiger partial charge on any atom is 0.130 e. The molecule has 0 aromatic heterocycles. The molecule has 1 aromatic rings. The average Bonchev–Trinajstić information content (AvgIpc) is 3.11. The SMILES string of the molecule is CN(CCNCc1c(F)cccc1F)C1CC1. The Balaban J connectivity index is 1.74. The van der Waals surface area contributed by atoms with Gasteiger partial charge in [-0.3, -0.25) is 0 Å². The predicted molar refractivity (Wildman–Crippen MR) is 63.7 cm³/mol. The van der Waals surface area contributed by atoms with E-state index in [1.54, 1.807) is 0 Å². The van der Waals surface area contributed by atoms with E-state index in [9.17, 15) is 8.78 Å². The highest BCUT2D eigenvalue weighted by atomic mass is 19.1. The van der Waals surface area contributed by atoms with Gasteiger partial charge in [-0.1, -0.05) is 6.07 Å². The van der Waals surface area contributed by atoms with Crippen molar-refractivity contribution in [2.75, 3.05) is 20.1 Å². The van der Waals surface area contributed by atoms with Crippen molar-refractivity contribution < 1.29 is 8.78 Å². The zero-order chi connectivity index (χ0) is 12.3. The summed E-state index contributed by atoms with van der Waals surface area (Å²) < 4.78 is 26.6. The van der Waals surface area contributed by atoms with E-state index in [-0.39, 0.29) is 12.1 Å². The largest absolute Gasteiger partial charge is 0.311 e. The molecule has 0 spiro atoms. The summed E-state index contributed by atoms with van der Waals surface area (Å²) in [6, 6.07) is 4.68. The van der Waals surface area contributed by atoms with Gasteiger partial charge < -0.3 is 10.2 Å². The minimum Gasteiger partial charge on any atom is -0.311 e. The molecule has 1 fully saturated rings. The quantitative estimate of drug-likeness (QED) is 0.766.